The number of hydrogen-bond acceptors (Lipinski definition) is 3. The first-order chi connectivity index (χ1) is 6.75. The Kier molecular flexibility index (Phi) is 3.05. The van der Waals surface area contributed by atoms with Gasteiger partial charge in [0.1, 0.15) is 0 Å². The Balaban J connectivity index is 1.95. The maximum atomic E-state index is 11.6. The third-order valence-electron chi connectivity index (χ3n) is 2.23. The third-order valence-corrected chi connectivity index (χ3v) is 3.32. The number of hydrogen-bond donors (Lipinski definition) is 2. The van der Waals surface area contributed by atoms with Crippen LogP contribution in [0.4, 0.5) is 0 Å². The van der Waals surface area contributed by atoms with Gasteiger partial charge in [-0.15, -0.1) is 11.3 Å². The monoisotopic (exact) mass is 230 g/mol. The Morgan fingerprint density at radius 1 is 1.71 bits per heavy atom. The molecule has 1 unspecified atom stereocenters. The van der Waals surface area contributed by atoms with Crippen molar-refractivity contribution in [2.24, 2.45) is 0 Å². The standard InChI is InChI=1S/C9H11ClN2OS/c10-8-3-6(5-14-8)9(13)12-7-1-2-11-4-7/h3,5,7,11H,1-2,4H2,(H,12,13). The molecule has 1 aliphatic heterocycles. The number of nitrogens with one attached hydrogen (secondary N) is 2. The summed E-state index contributed by atoms with van der Waals surface area (Å²) < 4.78 is 0.652. The van der Waals surface area contributed by atoms with Gasteiger partial charge in [0.25, 0.3) is 5.91 Å². The second kappa shape index (κ2) is 4.29. The van der Waals surface area contributed by atoms with E-state index in [9.17, 15) is 4.79 Å². The highest BCUT2D eigenvalue weighted by atomic mass is 35.5. The summed E-state index contributed by atoms with van der Waals surface area (Å²) in [4.78, 5) is 11.6. The van der Waals surface area contributed by atoms with Crippen LogP contribution in [0.3, 0.4) is 0 Å². The highest BCUT2D eigenvalue weighted by molar-refractivity contribution is 7.14. The summed E-state index contributed by atoms with van der Waals surface area (Å²) in [7, 11) is 0. The molecule has 1 saturated heterocycles. The van der Waals surface area contributed by atoms with Gasteiger partial charge in [-0.05, 0) is 19.0 Å². The lowest BCUT2D eigenvalue weighted by atomic mass is 10.2. The molecule has 0 aliphatic carbocycles. The van der Waals surface area contributed by atoms with Crippen LogP contribution in [0.2, 0.25) is 4.34 Å². The maximum absolute atomic E-state index is 11.6. The molecule has 2 rings (SSSR count). The van der Waals surface area contributed by atoms with Crippen molar-refractivity contribution >= 4 is 28.8 Å². The van der Waals surface area contributed by atoms with Crippen LogP contribution in [0.5, 0.6) is 0 Å². The van der Waals surface area contributed by atoms with E-state index >= 15 is 0 Å². The summed E-state index contributed by atoms with van der Waals surface area (Å²) >= 11 is 7.13. The highest BCUT2D eigenvalue weighted by Crippen LogP contribution is 2.19. The molecule has 3 nitrogen and oxygen atoms in total. The molecule has 0 aromatic carbocycles. The van der Waals surface area contributed by atoms with Crippen LogP contribution in [-0.2, 0) is 0 Å². The van der Waals surface area contributed by atoms with E-state index < -0.39 is 0 Å². The molecule has 0 saturated carbocycles. The van der Waals surface area contributed by atoms with Gasteiger partial charge in [-0.25, -0.2) is 0 Å². The first-order valence-corrected chi connectivity index (χ1v) is 5.77. The van der Waals surface area contributed by atoms with Crippen molar-refractivity contribution in [1.29, 1.82) is 0 Å². The summed E-state index contributed by atoms with van der Waals surface area (Å²) in [6.07, 6.45) is 1.00. The van der Waals surface area contributed by atoms with E-state index in [-0.39, 0.29) is 11.9 Å². The minimum Gasteiger partial charge on any atom is -0.348 e. The number of thiophene rings is 1. The molecule has 2 N–H and O–H groups in total. The molecule has 1 amide bonds. The van der Waals surface area contributed by atoms with Gasteiger partial charge in [-0.2, -0.15) is 0 Å². The van der Waals surface area contributed by atoms with Crippen molar-refractivity contribution < 1.29 is 4.79 Å². The summed E-state index contributed by atoms with van der Waals surface area (Å²) in [6.45, 7) is 1.85. The average Bonchev–Trinajstić information content (AvgIpc) is 2.75. The lowest BCUT2D eigenvalue weighted by Crippen LogP contribution is -2.35. The Morgan fingerprint density at radius 3 is 3.14 bits per heavy atom. The summed E-state index contributed by atoms with van der Waals surface area (Å²) in [5.74, 6) is -0.0261. The molecule has 0 radical (unpaired) electrons. The largest absolute Gasteiger partial charge is 0.348 e. The molecule has 5 heteroatoms. The van der Waals surface area contributed by atoms with E-state index in [0.29, 0.717) is 9.90 Å². The minimum absolute atomic E-state index is 0.0261. The number of carbonyl (C=O) groups is 1. The van der Waals surface area contributed by atoms with Gasteiger partial charge in [0.2, 0.25) is 0 Å². The SMILES string of the molecule is O=C(NC1CCNC1)c1csc(Cl)c1. The zero-order valence-electron chi connectivity index (χ0n) is 7.55. The van der Waals surface area contributed by atoms with Gasteiger partial charge >= 0.3 is 0 Å². The Bertz CT molecular complexity index is 333. The van der Waals surface area contributed by atoms with Crippen LogP contribution in [0, 0.1) is 0 Å². The quantitative estimate of drug-likeness (QED) is 0.809. The van der Waals surface area contributed by atoms with Crippen molar-refractivity contribution in [1.82, 2.24) is 10.6 Å². The zero-order chi connectivity index (χ0) is 9.97. The van der Waals surface area contributed by atoms with Crippen molar-refractivity contribution in [3.05, 3.63) is 21.3 Å². The van der Waals surface area contributed by atoms with E-state index in [0.717, 1.165) is 19.5 Å². The van der Waals surface area contributed by atoms with Crippen LogP contribution in [-0.4, -0.2) is 25.0 Å². The molecular weight excluding hydrogens is 220 g/mol. The van der Waals surface area contributed by atoms with Crippen LogP contribution in [0.15, 0.2) is 11.4 Å². The minimum atomic E-state index is -0.0261. The molecule has 1 atom stereocenters. The van der Waals surface area contributed by atoms with Crippen LogP contribution in [0.1, 0.15) is 16.8 Å². The van der Waals surface area contributed by atoms with E-state index in [1.807, 2.05) is 0 Å². The zero-order valence-corrected chi connectivity index (χ0v) is 9.12. The van der Waals surface area contributed by atoms with Gasteiger partial charge in [-0.1, -0.05) is 11.6 Å². The molecule has 2 heterocycles. The molecular formula is C9H11ClN2OS. The molecule has 1 aromatic rings. The summed E-state index contributed by atoms with van der Waals surface area (Å²) in [5, 5.41) is 7.93. The Hall–Kier alpha value is -0.580. The van der Waals surface area contributed by atoms with Crippen LogP contribution >= 0.6 is 22.9 Å². The molecule has 1 aromatic heterocycles. The Labute approximate surface area is 91.5 Å². The van der Waals surface area contributed by atoms with Gasteiger partial charge < -0.3 is 10.6 Å². The molecule has 76 valence electrons. The van der Waals surface area contributed by atoms with Gasteiger partial charge in [0, 0.05) is 18.0 Å². The normalized spacial score (nSPS) is 21.1. The number of rotatable bonds is 2. The first-order valence-electron chi connectivity index (χ1n) is 4.51. The molecule has 0 spiro atoms. The third kappa shape index (κ3) is 2.26. The fourth-order valence-electron chi connectivity index (χ4n) is 1.48. The molecule has 0 bridgehead atoms. The van der Waals surface area contributed by atoms with Crippen molar-refractivity contribution in [2.45, 2.75) is 12.5 Å². The number of halogens is 1. The molecule has 1 aliphatic rings. The highest BCUT2D eigenvalue weighted by Gasteiger charge is 2.17. The molecule has 14 heavy (non-hydrogen) atoms. The fraction of sp³-hybridized carbons (Fsp3) is 0.444. The lowest BCUT2D eigenvalue weighted by Gasteiger charge is -2.09. The summed E-state index contributed by atoms with van der Waals surface area (Å²) in [6, 6.07) is 1.96. The van der Waals surface area contributed by atoms with Crippen LogP contribution < -0.4 is 10.6 Å². The lowest BCUT2D eigenvalue weighted by molar-refractivity contribution is 0.0940. The fourth-order valence-corrected chi connectivity index (χ4v) is 2.34. The topological polar surface area (TPSA) is 41.1 Å². The van der Waals surface area contributed by atoms with E-state index in [1.165, 1.54) is 11.3 Å². The predicted octanol–water partition coefficient (Wildman–Crippen LogP) is 1.49. The molecule has 1 fully saturated rings. The predicted molar refractivity (Wildman–Crippen MR) is 58.1 cm³/mol. The Morgan fingerprint density at radius 2 is 2.57 bits per heavy atom. The van der Waals surface area contributed by atoms with E-state index in [1.54, 1.807) is 11.4 Å². The number of amides is 1. The summed E-state index contributed by atoms with van der Waals surface area (Å²) in [5.41, 5.74) is 0.659. The van der Waals surface area contributed by atoms with E-state index in [2.05, 4.69) is 10.6 Å². The van der Waals surface area contributed by atoms with Gasteiger partial charge in [-0.3, -0.25) is 4.79 Å². The number of carbonyl (C=O) groups excluding carboxylic acids is 1. The van der Waals surface area contributed by atoms with Gasteiger partial charge in [0.15, 0.2) is 0 Å². The average molecular weight is 231 g/mol. The van der Waals surface area contributed by atoms with Crippen molar-refractivity contribution in [3.63, 3.8) is 0 Å². The second-order valence-electron chi connectivity index (χ2n) is 3.30. The smallest absolute Gasteiger partial charge is 0.252 e. The second-order valence-corrected chi connectivity index (χ2v) is 4.85. The first kappa shape index (κ1) is 9.96. The maximum Gasteiger partial charge on any atom is 0.252 e. The van der Waals surface area contributed by atoms with E-state index in [4.69, 9.17) is 11.6 Å². The van der Waals surface area contributed by atoms with Crippen molar-refractivity contribution in [2.75, 3.05) is 13.1 Å². The van der Waals surface area contributed by atoms with Crippen LogP contribution in [0.25, 0.3) is 0 Å². The van der Waals surface area contributed by atoms with Gasteiger partial charge in [0.05, 0.1) is 9.90 Å². The van der Waals surface area contributed by atoms with Crippen molar-refractivity contribution in [3.8, 4) is 0 Å².